The number of likely N-dealkylation sites (tertiary alicyclic amines) is 1. The summed E-state index contributed by atoms with van der Waals surface area (Å²) in [6, 6.07) is 21.1. The number of guanidine groups is 1. The third-order valence-electron chi connectivity index (χ3n) is 4.03. The maximum Gasteiger partial charge on any atom is 0.189 e. The average molecular weight is 302 g/mol. The van der Waals surface area contributed by atoms with E-state index in [9.17, 15) is 0 Å². The van der Waals surface area contributed by atoms with Crippen molar-refractivity contribution in [2.24, 2.45) is 5.73 Å². The Labute approximate surface area is 131 Å². The Hall–Kier alpha value is -2.00. The summed E-state index contributed by atoms with van der Waals surface area (Å²) in [7, 11) is 0. The molecule has 0 amide bonds. The standard InChI is InChI=1S/C17H19N3.ClH/c18-17(19)20-15(13-7-3-1-4-8-13)11-12-16(20)14-9-5-2-6-10-14;/h1-10,15-16H,11-12H2,(H3,18,19);1H/t15-,16+;. The molecular weight excluding hydrogens is 282 g/mol. The van der Waals surface area contributed by atoms with Crippen molar-refractivity contribution in [1.29, 1.82) is 5.41 Å². The summed E-state index contributed by atoms with van der Waals surface area (Å²) in [5.41, 5.74) is 8.34. The van der Waals surface area contributed by atoms with Crippen molar-refractivity contribution in [3.8, 4) is 0 Å². The highest BCUT2D eigenvalue weighted by Gasteiger charge is 2.35. The van der Waals surface area contributed by atoms with Crippen molar-refractivity contribution < 1.29 is 0 Å². The van der Waals surface area contributed by atoms with Crippen molar-refractivity contribution in [3.05, 3.63) is 71.8 Å². The molecule has 3 rings (SSSR count). The van der Waals surface area contributed by atoms with E-state index < -0.39 is 0 Å². The molecule has 1 aliphatic rings. The van der Waals surface area contributed by atoms with Crippen molar-refractivity contribution in [2.45, 2.75) is 24.9 Å². The molecule has 0 bridgehead atoms. The monoisotopic (exact) mass is 301 g/mol. The van der Waals surface area contributed by atoms with Crippen LogP contribution in [0, 0.1) is 5.41 Å². The molecule has 110 valence electrons. The summed E-state index contributed by atoms with van der Waals surface area (Å²) in [5.74, 6) is 0.158. The maximum absolute atomic E-state index is 7.95. The molecule has 2 aromatic carbocycles. The van der Waals surface area contributed by atoms with Gasteiger partial charge in [0, 0.05) is 0 Å². The number of nitrogens with one attached hydrogen (secondary N) is 1. The molecule has 0 aliphatic carbocycles. The van der Waals surface area contributed by atoms with Gasteiger partial charge >= 0.3 is 0 Å². The van der Waals surface area contributed by atoms with E-state index in [1.54, 1.807) is 0 Å². The molecule has 3 nitrogen and oxygen atoms in total. The molecule has 1 fully saturated rings. The SMILES string of the molecule is Cl.N=C(N)N1[C@@H](c2ccccc2)CC[C@H]1c1ccccc1. The quantitative estimate of drug-likeness (QED) is 0.653. The summed E-state index contributed by atoms with van der Waals surface area (Å²) in [5, 5.41) is 7.95. The number of nitrogens with zero attached hydrogens (tertiary/aromatic N) is 1. The van der Waals surface area contributed by atoms with Crippen LogP contribution < -0.4 is 5.73 Å². The molecule has 0 aromatic heterocycles. The Kier molecular flexibility index (Phi) is 4.86. The highest BCUT2D eigenvalue weighted by atomic mass is 35.5. The minimum atomic E-state index is 0. The molecule has 2 atom stereocenters. The summed E-state index contributed by atoms with van der Waals surface area (Å²) in [6.07, 6.45) is 2.06. The molecule has 0 radical (unpaired) electrons. The van der Waals surface area contributed by atoms with Gasteiger partial charge in [0.05, 0.1) is 12.1 Å². The maximum atomic E-state index is 7.95. The van der Waals surface area contributed by atoms with E-state index in [4.69, 9.17) is 11.1 Å². The van der Waals surface area contributed by atoms with Crippen molar-refractivity contribution in [2.75, 3.05) is 0 Å². The first kappa shape index (κ1) is 15.4. The highest BCUT2D eigenvalue weighted by molar-refractivity contribution is 5.85. The van der Waals surface area contributed by atoms with Gasteiger partial charge in [-0.05, 0) is 24.0 Å². The van der Waals surface area contributed by atoms with Gasteiger partial charge in [-0.3, -0.25) is 5.41 Å². The molecule has 0 unspecified atom stereocenters. The first-order valence-electron chi connectivity index (χ1n) is 6.99. The van der Waals surface area contributed by atoms with E-state index in [0.717, 1.165) is 12.8 Å². The number of halogens is 1. The molecule has 4 heteroatoms. The number of hydrogen-bond acceptors (Lipinski definition) is 1. The van der Waals surface area contributed by atoms with Crippen molar-refractivity contribution >= 4 is 18.4 Å². The van der Waals surface area contributed by atoms with Gasteiger partial charge in [0.2, 0.25) is 0 Å². The van der Waals surface area contributed by atoms with E-state index in [1.165, 1.54) is 11.1 Å². The van der Waals surface area contributed by atoms with E-state index in [2.05, 4.69) is 24.3 Å². The van der Waals surface area contributed by atoms with Gasteiger partial charge in [0.25, 0.3) is 0 Å². The van der Waals surface area contributed by atoms with Gasteiger partial charge in [-0.1, -0.05) is 60.7 Å². The second-order valence-corrected chi connectivity index (χ2v) is 5.22. The number of benzene rings is 2. The van der Waals surface area contributed by atoms with Crippen LogP contribution in [0.15, 0.2) is 60.7 Å². The third-order valence-corrected chi connectivity index (χ3v) is 4.03. The fourth-order valence-corrected chi connectivity index (χ4v) is 3.15. The zero-order valence-electron chi connectivity index (χ0n) is 11.8. The summed E-state index contributed by atoms with van der Waals surface area (Å²) < 4.78 is 0. The van der Waals surface area contributed by atoms with E-state index in [1.807, 2.05) is 41.3 Å². The third kappa shape index (κ3) is 3.03. The predicted molar refractivity (Wildman–Crippen MR) is 88.6 cm³/mol. The Morgan fingerprint density at radius 1 is 0.857 bits per heavy atom. The van der Waals surface area contributed by atoms with Crippen molar-refractivity contribution in [1.82, 2.24) is 4.90 Å². The molecular formula is C17H20ClN3. The molecule has 0 spiro atoms. The summed E-state index contributed by atoms with van der Waals surface area (Å²) >= 11 is 0. The Balaban J connectivity index is 0.00000161. The Morgan fingerprint density at radius 2 is 1.24 bits per heavy atom. The fourth-order valence-electron chi connectivity index (χ4n) is 3.15. The molecule has 1 saturated heterocycles. The second kappa shape index (κ2) is 6.64. The van der Waals surface area contributed by atoms with Crippen LogP contribution in [0.1, 0.15) is 36.1 Å². The van der Waals surface area contributed by atoms with E-state index in [0.29, 0.717) is 0 Å². The number of rotatable bonds is 2. The molecule has 3 N–H and O–H groups in total. The van der Waals surface area contributed by atoms with Crippen LogP contribution in [0.5, 0.6) is 0 Å². The first-order chi connectivity index (χ1) is 9.77. The molecule has 21 heavy (non-hydrogen) atoms. The lowest BCUT2D eigenvalue weighted by Crippen LogP contribution is -2.37. The van der Waals surface area contributed by atoms with Crippen LogP contribution in [0.3, 0.4) is 0 Å². The van der Waals surface area contributed by atoms with Crippen LogP contribution in [0.4, 0.5) is 0 Å². The molecule has 1 heterocycles. The lowest BCUT2D eigenvalue weighted by molar-refractivity contribution is 0.317. The molecule has 2 aromatic rings. The topological polar surface area (TPSA) is 53.1 Å². The van der Waals surface area contributed by atoms with Crippen LogP contribution in [-0.4, -0.2) is 10.9 Å². The average Bonchev–Trinajstić information content (AvgIpc) is 2.94. The Bertz CT molecular complexity index is 538. The second-order valence-electron chi connectivity index (χ2n) is 5.22. The summed E-state index contributed by atoms with van der Waals surface area (Å²) in [4.78, 5) is 2.05. The number of hydrogen-bond donors (Lipinski definition) is 2. The van der Waals surface area contributed by atoms with Crippen LogP contribution in [0.2, 0.25) is 0 Å². The zero-order valence-corrected chi connectivity index (χ0v) is 12.6. The van der Waals surface area contributed by atoms with Crippen LogP contribution >= 0.6 is 12.4 Å². The van der Waals surface area contributed by atoms with Gasteiger partial charge in [-0.15, -0.1) is 12.4 Å². The lowest BCUT2D eigenvalue weighted by Gasteiger charge is -2.31. The zero-order chi connectivity index (χ0) is 13.9. The van der Waals surface area contributed by atoms with Gasteiger partial charge in [0.15, 0.2) is 5.96 Å². The minimum Gasteiger partial charge on any atom is -0.370 e. The smallest absolute Gasteiger partial charge is 0.189 e. The predicted octanol–water partition coefficient (Wildman–Crippen LogP) is 3.88. The van der Waals surface area contributed by atoms with Crippen LogP contribution in [0.25, 0.3) is 0 Å². The van der Waals surface area contributed by atoms with Gasteiger partial charge in [-0.25, -0.2) is 0 Å². The van der Waals surface area contributed by atoms with Crippen LogP contribution in [-0.2, 0) is 0 Å². The Morgan fingerprint density at radius 3 is 1.57 bits per heavy atom. The molecule has 0 saturated carbocycles. The largest absolute Gasteiger partial charge is 0.370 e. The van der Waals surface area contributed by atoms with Crippen molar-refractivity contribution in [3.63, 3.8) is 0 Å². The summed E-state index contributed by atoms with van der Waals surface area (Å²) in [6.45, 7) is 0. The fraction of sp³-hybridized carbons (Fsp3) is 0.235. The van der Waals surface area contributed by atoms with E-state index >= 15 is 0 Å². The minimum absolute atomic E-state index is 0. The van der Waals surface area contributed by atoms with E-state index in [-0.39, 0.29) is 30.5 Å². The normalized spacial score (nSPS) is 20.9. The molecule has 1 aliphatic heterocycles. The number of nitrogens with two attached hydrogens (primary N) is 1. The van der Waals surface area contributed by atoms with Gasteiger partial charge in [-0.2, -0.15) is 0 Å². The highest BCUT2D eigenvalue weighted by Crippen LogP contribution is 2.43. The first-order valence-corrected chi connectivity index (χ1v) is 6.99. The lowest BCUT2D eigenvalue weighted by atomic mass is 10.0. The van der Waals surface area contributed by atoms with Gasteiger partial charge < -0.3 is 10.6 Å². The van der Waals surface area contributed by atoms with Gasteiger partial charge in [0.1, 0.15) is 0 Å².